The maximum absolute atomic E-state index is 15.2. The number of hydrogen-bond donors (Lipinski definition) is 2. The van der Waals surface area contributed by atoms with Crippen molar-refractivity contribution in [2.45, 2.75) is 12.8 Å². The highest BCUT2D eigenvalue weighted by Crippen LogP contribution is 2.39. The first-order valence-corrected chi connectivity index (χ1v) is 10.0. The minimum atomic E-state index is -4.23. The number of amides is 1. The van der Waals surface area contributed by atoms with Crippen LogP contribution in [-0.2, 0) is 15.0 Å². The quantitative estimate of drug-likeness (QED) is 0.835. The molecule has 2 fully saturated rings. The summed E-state index contributed by atoms with van der Waals surface area (Å²) in [5.41, 5.74) is 1.15. The van der Waals surface area contributed by atoms with Crippen LogP contribution in [0, 0.1) is 5.82 Å². The molecule has 0 aliphatic carbocycles. The van der Waals surface area contributed by atoms with Crippen molar-refractivity contribution >= 4 is 27.5 Å². The molecule has 2 heterocycles. The first-order valence-electron chi connectivity index (χ1n) is 8.57. The molecule has 0 unspecified atom stereocenters. The highest BCUT2D eigenvalue weighted by Gasteiger charge is 2.38. The predicted molar refractivity (Wildman–Crippen MR) is 99.4 cm³/mol. The number of rotatable bonds is 3. The number of carbonyl (C=O) groups is 1. The van der Waals surface area contributed by atoms with Gasteiger partial charge in [0.15, 0.2) is 5.82 Å². The monoisotopic (exact) mass is 391 g/mol. The molecule has 0 spiro atoms. The maximum atomic E-state index is 15.2. The Balaban J connectivity index is 1.80. The number of hydrogen-bond acceptors (Lipinski definition) is 5. The standard InChI is InChI=1S/C18H18FN3O4S/c19-17-14(12-4-3-5-13(10-12)21-8-1-2-9-21)6-7-15(23)18(17)22-11-16(24)20-27(22,25)26/h3-7,10,23H,1-2,8-9,11H2,(H,20,24). The molecule has 7 nitrogen and oxygen atoms in total. The van der Waals surface area contributed by atoms with Crippen molar-refractivity contribution in [1.29, 1.82) is 0 Å². The number of phenolic OH excluding ortho intramolecular Hbond substituents is 1. The summed E-state index contributed by atoms with van der Waals surface area (Å²) in [5.74, 6) is -2.23. The second-order valence-corrected chi connectivity index (χ2v) is 8.17. The van der Waals surface area contributed by atoms with Crippen LogP contribution < -0.4 is 13.9 Å². The molecule has 27 heavy (non-hydrogen) atoms. The Hall–Kier alpha value is -2.81. The van der Waals surface area contributed by atoms with E-state index < -0.39 is 39.9 Å². The number of anilines is 2. The third-order valence-corrected chi connectivity index (χ3v) is 6.17. The van der Waals surface area contributed by atoms with E-state index in [4.69, 9.17) is 0 Å². The maximum Gasteiger partial charge on any atom is 0.326 e. The van der Waals surface area contributed by atoms with Crippen LogP contribution in [0.3, 0.4) is 0 Å². The molecule has 2 aromatic carbocycles. The lowest BCUT2D eigenvalue weighted by Crippen LogP contribution is -2.30. The summed E-state index contributed by atoms with van der Waals surface area (Å²) in [6.45, 7) is 1.29. The minimum absolute atomic E-state index is 0.151. The molecule has 0 radical (unpaired) electrons. The molecule has 0 atom stereocenters. The molecular weight excluding hydrogens is 373 g/mol. The zero-order chi connectivity index (χ0) is 19.2. The second-order valence-electron chi connectivity index (χ2n) is 6.58. The van der Waals surface area contributed by atoms with Gasteiger partial charge >= 0.3 is 10.2 Å². The first kappa shape index (κ1) is 17.6. The SMILES string of the molecule is O=C1CN(c2c(O)ccc(-c3cccc(N4CCCC4)c3)c2F)S(=O)(=O)N1. The van der Waals surface area contributed by atoms with Crippen LogP contribution >= 0.6 is 0 Å². The number of phenols is 1. The van der Waals surface area contributed by atoms with Crippen molar-refractivity contribution in [2.24, 2.45) is 0 Å². The van der Waals surface area contributed by atoms with E-state index in [9.17, 15) is 18.3 Å². The lowest BCUT2D eigenvalue weighted by Gasteiger charge is -2.20. The van der Waals surface area contributed by atoms with Gasteiger partial charge in [0, 0.05) is 24.3 Å². The largest absolute Gasteiger partial charge is 0.506 e. The topological polar surface area (TPSA) is 90.0 Å². The Labute approximate surface area is 156 Å². The van der Waals surface area contributed by atoms with Crippen LogP contribution in [0.15, 0.2) is 36.4 Å². The molecule has 142 valence electrons. The number of nitrogens with zero attached hydrogens (tertiary/aromatic N) is 2. The summed E-state index contributed by atoms with van der Waals surface area (Å²) in [6.07, 6.45) is 2.21. The fourth-order valence-electron chi connectivity index (χ4n) is 3.51. The van der Waals surface area contributed by atoms with Crippen molar-refractivity contribution in [2.75, 3.05) is 28.8 Å². The summed E-state index contributed by atoms with van der Waals surface area (Å²) in [7, 11) is -4.23. The van der Waals surface area contributed by atoms with Crippen LogP contribution in [0.2, 0.25) is 0 Å². The highest BCUT2D eigenvalue weighted by molar-refractivity contribution is 7.92. The fraction of sp³-hybridized carbons (Fsp3) is 0.278. The molecular formula is C18H18FN3O4S. The van der Waals surface area contributed by atoms with Crippen molar-refractivity contribution in [1.82, 2.24) is 4.72 Å². The second kappa shape index (κ2) is 6.41. The third kappa shape index (κ3) is 3.08. The van der Waals surface area contributed by atoms with Crippen LogP contribution in [0.4, 0.5) is 15.8 Å². The van der Waals surface area contributed by atoms with Crippen LogP contribution in [0.1, 0.15) is 12.8 Å². The van der Waals surface area contributed by atoms with E-state index in [1.807, 2.05) is 18.2 Å². The number of benzene rings is 2. The van der Waals surface area contributed by atoms with Gasteiger partial charge in [-0.2, -0.15) is 8.42 Å². The van der Waals surface area contributed by atoms with Crippen molar-refractivity contribution in [3.05, 3.63) is 42.2 Å². The van der Waals surface area contributed by atoms with Crippen LogP contribution in [0.25, 0.3) is 11.1 Å². The predicted octanol–water partition coefficient (Wildman–Crippen LogP) is 1.98. The van der Waals surface area contributed by atoms with E-state index in [2.05, 4.69) is 4.90 Å². The highest BCUT2D eigenvalue weighted by atomic mass is 32.2. The van der Waals surface area contributed by atoms with Gasteiger partial charge in [0.25, 0.3) is 5.91 Å². The van der Waals surface area contributed by atoms with Gasteiger partial charge in [0.2, 0.25) is 0 Å². The Morgan fingerprint density at radius 2 is 1.85 bits per heavy atom. The molecule has 4 rings (SSSR count). The van der Waals surface area contributed by atoms with Gasteiger partial charge in [-0.25, -0.2) is 13.4 Å². The first-order chi connectivity index (χ1) is 12.9. The van der Waals surface area contributed by atoms with Gasteiger partial charge < -0.3 is 10.0 Å². The Kier molecular flexibility index (Phi) is 4.18. The summed E-state index contributed by atoms with van der Waals surface area (Å²) in [4.78, 5) is 13.7. The summed E-state index contributed by atoms with van der Waals surface area (Å²) in [5, 5.41) is 10.1. The number of carbonyl (C=O) groups excluding carboxylic acids is 1. The van der Waals surface area contributed by atoms with E-state index in [0.717, 1.165) is 31.6 Å². The van der Waals surface area contributed by atoms with Crippen LogP contribution in [0.5, 0.6) is 5.75 Å². The molecule has 2 aliphatic rings. The molecule has 2 N–H and O–H groups in total. The van der Waals surface area contributed by atoms with E-state index in [1.165, 1.54) is 12.1 Å². The normalized spacial score (nSPS) is 18.8. The molecule has 0 aromatic heterocycles. The Bertz CT molecular complexity index is 1020. The molecule has 9 heteroatoms. The summed E-state index contributed by atoms with van der Waals surface area (Å²) in [6, 6.07) is 9.95. The van der Waals surface area contributed by atoms with Gasteiger partial charge in [-0.1, -0.05) is 12.1 Å². The lowest BCUT2D eigenvalue weighted by molar-refractivity contribution is -0.117. The van der Waals surface area contributed by atoms with Gasteiger partial charge in [0.05, 0.1) is 0 Å². The van der Waals surface area contributed by atoms with Crippen molar-refractivity contribution in [3.8, 4) is 16.9 Å². The van der Waals surface area contributed by atoms with Gasteiger partial charge in [-0.3, -0.25) is 4.79 Å². The molecule has 1 amide bonds. The molecule has 0 saturated carbocycles. The van der Waals surface area contributed by atoms with E-state index in [1.54, 1.807) is 10.8 Å². The van der Waals surface area contributed by atoms with Crippen molar-refractivity contribution < 1.29 is 22.7 Å². The van der Waals surface area contributed by atoms with Gasteiger partial charge in [-0.05, 0) is 42.7 Å². The number of halogens is 1. The zero-order valence-electron chi connectivity index (χ0n) is 14.4. The average molecular weight is 391 g/mol. The Morgan fingerprint density at radius 1 is 1.11 bits per heavy atom. The smallest absolute Gasteiger partial charge is 0.326 e. The fourth-order valence-corrected chi connectivity index (χ4v) is 4.67. The summed E-state index contributed by atoms with van der Waals surface area (Å²) < 4.78 is 41.7. The molecule has 2 aromatic rings. The van der Waals surface area contributed by atoms with E-state index in [-0.39, 0.29) is 5.56 Å². The Morgan fingerprint density at radius 3 is 2.52 bits per heavy atom. The minimum Gasteiger partial charge on any atom is -0.506 e. The van der Waals surface area contributed by atoms with Crippen molar-refractivity contribution in [3.63, 3.8) is 0 Å². The summed E-state index contributed by atoms with van der Waals surface area (Å²) >= 11 is 0. The van der Waals surface area contributed by atoms with E-state index >= 15 is 4.39 Å². The third-order valence-electron chi connectivity index (χ3n) is 4.79. The number of aromatic hydroxyl groups is 1. The lowest BCUT2D eigenvalue weighted by atomic mass is 10.0. The van der Waals surface area contributed by atoms with Gasteiger partial charge in [-0.15, -0.1) is 0 Å². The van der Waals surface area contributed by atoms with Gasteiger partial charge in [0.1, 0.15) is 18.0 Å². The molecule has 2 aliphatic heterocycles. The van der Waals surface area contributed by atoms with Crippen LogP contribution in [-0.4, -0.2) is 39.1 Å². The van der Waals surface area contributed by atoms with E-state index in [0.29, 0.717) is 9.87 Å². The zero-order valence-corrected chi connectivity index (χ0v) is 15.2. The average Bonchev–Trinajstić information content (AvgIpc) is 3.23. The number of nitrogens with one attached hydrogen (secondary N) is 1. The molecule has 2 saturated heterocycles. The molecule has 0 bridgehead atoms.